The van der Waals surface area contributed by atoms with Gasteiger partial charge in [0.05, 0.1) is 7.11 Å². The topological polar surface area (TPSA) is 64.6 Å². The predicted octanol–water partition coefficient (Wildman–Crippen LogP) is 1.52. The van der Waals surface area contributed by atoms with E-state index in [9.17, 15) is 9.59 Å². The third-order valence-electron chi connectivity index (χ3n) is 2.56. The van der Waals surface area contributed by atoms with Gasteiger partial charge in [-0.15, -0.1) is 0 Å². The maximum Gasteiger partial charge on any atom is 0.330 e. The molecule has 0 bridgehead atoms. The number of amides is 1. The molecule has 1 N–H and O–H groups in total. The summed E-state index contributed by atoms with van der Waals surface area (Å²) < 4.78 is 10.1. The lowest BCUT2D eigenvalue weighted by Gasteiger charge is -2.25. The smallest absolute Gasteiger partial charge is 0.330 e. The maximum absolute atomic E-state index is 11.9. The summed E-state index contributed by atoms with van der Waals surface area (Å²) in [5.41, 5.74) is -1.08. The van der Waals surface area contributed by atoms with Crippen LogP contribution in [0.1, 0.15) is 20.8 Å². The van der Waals surface area contributed by atoms with Gasteiger partial charge in [-0.25, -0.2) is 4.79 Å². The van der Waals surface area contributed by atoms with Gasteiger partial charge in [-0.1, -0.05) is 18.2 Å². The highest BCUT2D eigenvalue weighted by atomic mass is 16.5. The van der Waals surface area contributed by atoms with E-state index in [4.69, 9.17) is 4.74 Å². The van der Waals surface area contributed by atoms with Crippen molar-refractivity contribution in [2.24, 2.45) is 0 Å². The molecule has 0 spiro atoms. The molecule has 0 heterocycles. The minimum absolute atomic E-state index is 0.376. The quantitative estimate of drug-likeness (QED) is 0.820. The SMILES string of the molecule is COC(=O)C(C)(C)NC(=O)C(C)Oc1ccccc1. The maximum atomic E-state index is 11.9. The Kier molecular flexibility index (Phi) is 4.92. The Labute approximate surface area is 112 Å². The van der Waals surface area contributed by atoms with Crippen LogP contribution in [-0.2, 0) is 14.3 Å². The van der Waals surface area contributed by atoms with E-state index in [-0.39, 0.29) is 5.91 Å². The molecule has 5 heteroatoms. The highest BCUT2D eigenvalue weighted by molar-refractivity contribution is 5.89. The molecule has 1 amide bonds. The molecule has 0 fully saturated rings. The fourth-order valence-corrected chi connectivity index (χ4v) is 1.47. The second kappa shape index (κ2) is 6.22. The lowest BCUT2D eigenvalue weighted by molar-refractivity contribution is -0.150. The van der Waals surface area contributed by atoms with Crippen molar-refractivity contribution in [2.75, 3.05) is 7.11 Å². The number of hydrogen-bond donors (Lipinski definition) is 1. The number of carbonyl (C=O) groups excluding carboxylic acids is 2. The zero-order valence-corrected chi connectivity index (χ0v) is 11.6. The van der Waals surface area contributed by atoms with Gasteiger partial charge in [-0.05, 0) is 32.9 Å². The van der Waals surface area contributed by atoms with Crippen molar-refractivity contribution in [1.82, 2.24) is 5.32 Å². The van der Waals surface area contributed by atoms with Crippen molar-refractivity contribution < 1.29 is 19.1 Å². The van der Waals surface area contributed by atoms with Gasteiger partial charge in [0.15, 0.2) is 6.10 Å². The largest absolute Gasteiger partial charge is 0.481 e. The van der Waals surface area contributed by atoms with Crippen LogP contribution >= 0.6 is 0 Å². The molecule has 0 saturated carbocycles. The number of carbonyl (C=O) groups is 2. The molecule has 1 unspecified atom stereocenters. The Morgan fingerprint density at radius 2 is 1.79 bits per heavy atom. The highest BCUT2D eigenvalue weighted by Gasteiger charge is 2.32. The summed E-state index contributed by atoms with van der Waals surface area (Å²) >= 11 is 0. The lowest BCUT2D eigenvalue weighted by atomic mass is 10.1. The van der Waals surface area contributed by atoms with Crippen LogP contribution in [0.4, 0.5) is 0 Å². The number of methoxy groups -OCH3 is 1. The van der Waals surface area contributed by atoms with Gasteiger partial charge in [-0.3, -0.25) is 4.79 Å². The summed E-state index contributed by atoms with van der Waals surface area (Å²) in [4.78, 5) is 23.4. The molecule has 1 rings (SSSR count). The summed E-state index contributed by atoms with van der Waals surface area (Å²) in [6.45, 7) is 4.77. The number of ether oxygens (including phenoxy) is 2. The van der Waals surface area contributed by atoms with Gasteiger partial charge in [-0.2, -0.15) is 0 Å². The number of para-hydroxylation sites is 1. The van der Waals surface area contributed by atoms with Crippen molar-refractivity contribution in [3.63, 3.8) is 0 Å². The van der Waals surface area contributed by atoms with Gasteiger partial charge in [0, 0.05) is 0 Å². The van der Waals surface area contributed by atoms with Crippen molar-refractivity contribution in [3.05, 3.63) is 30.3 Å². The molecule has 5 nitrogen and oxygen atoms in total. The van der Waals surface area contributed by atoms with E-state index in [1.54, 1.807) is 32.9 Å². The molecule has 1 aromatic rings. The minimum Gasteiger partial charge on any atom is -0.481 e. The normalized spacial score (nSPS) is 12.4. The summed E-state index contributed by atoms with van der Waals surface area (Å²) in [5, 5.41) is 2.59. The van der Waals surface area contributed by atoms with Crippen molar-refractivity contribution in [3.8, 4) is 5.75 Å². The Balaban J connectivity index is 2.61. The van der Waals surface area contributed by atoms with Crippen LogP contribution in [0.5, 0.6) is 5.75 Å². The Morgan fingerprint density at radius 3 is 2.32 bits per heavy atom. The predicted molar refractivity (Wildman–Crippen MR) is 70.8 cm³/mol. The van der Waals surface area contributed by atoms with Gasteiger partial charge in [0.25, 0.3) is 5.91 Å². The van der Waals surface area contributed by atoms with Crippen molar-refractivity contribution >= 4 is 11.9 Å². The summed E-state index contributed by atoms with van der Waals surface area (Å²) in [6.07, 6.45) is -0.702. The minimum atomic E-state index is -1.08. The van der Waals surface area contributed by atoms with Crippen LogP contribution in [0.25, 0.3) is 0 Å². The average molecular weight is 265 g/mol. The lowest BCUT2D eigenvalue weighted by Crippen LogP contribution is -2.53. The van der Waals surface area contributed by atoms with Crippen molar-refractivity contribution in [2.45, 2.75) is 32.4 Å². The van der Waals surface area contributed by atoms with E-state index in [0.29, 0.717) is 5.75 Å². The first-order chi connectivity index (χ1) is 8.86. The van der Waals surface area contributed by atoms with E-state index in [0.717, 1.165) is 0 Å². The zero-order valence-electron chi connectivity index (χ0n) is 11.6. The first-order valence-corrected chi connectivity index (χ1v) is 5.99. The molecule has 104 valence electrons. The number of benzene rings is 1. The summed E-state index contributed by atoms with van der Waals surface area (Å²) in [6, 6.07) is 9.01. The summed E-state index contributed by atoms with van der Waals surface area (Å²) in [7, 11) is 1.28. The molecular formula is C14H19NO4. The van der Waals surface area contributed by atoms with E-state index in [1.165, 1.54) is 7.11 Å². The number of hydrogen-bond acceptors (Lipinski definition) is 4. The van der Waals surface area contributed by atoms with Crippen LogP contribution in [0.2, 0.25) is 0 Å². The van der Waals surface area contributed by atoms with Crippen LogP contribution in [0, 0.1) is 0 Å². The molecule has 0 aromatic heterocycles. The Hall–Kier alpha value is -2.04. The van der Waals surface area contributed by atoms with Crippen LogP contribution < -0.4 is 10.1 Å². The first-order valence-electron chi connectivity index (χ1n) is 5.99. The van der Waals surface area contributed by atoms with Crippen LogP contribution in [0.3, 0.4) is 0 Å². The Bertz CT molecular complexity index is 442. The number of esters is 1. The van der Waals surface area contributed by atoms with E-state index < -0.39 is 17.6 Å². The fourth-order valence-electron chi connectivity index (χ4n) is 1.47. The molecule has 0 aliphatic carbocycles. The fraction of sp³-hybridized carbons (Fsp3) is 0.429. The zero-order chi connectivity index (χ0) is 14.5. The van der Waals surface area contributed by atoms with Gasteiger partial charge >= 0.3 is 5.97 Å². The van der Waals surface area contributed by atoms with Gasteiger partial charge in [0.1, 0.15) is 11.3 Å². The van der Waals surface area contributed by atoms with Crippen LogP contribution in [-0.4, -0.2) is 30.6 Å². The van der Waals surface area contributed by atoms with E-state index >= 15 is 0 Å². The second-order valence-electron chi connectivity index (χ2n) is 4.68. The van der Waals surface area contributed by atoms with Gasteiger partial charge in [0.2, 0.25) is 0 Å². The van der Waals surface area contributed by atoms with E-state index in [1.807, 2.05) is 18.2 Å². The standard InChI is InChI=1S/C14H19NO4/c1-10(19-11-8-6-5-7-9-11)12(16)15-14(2,3)13(17)18-4/h5-10H,1-4H3,(H,15,16). The molecular weight excluding hydrogens is 246 g/mol. The van der Waals surface area contributed by atoms with Crippen LogP contribution in [0.15, 0.2) is 30.3 Å². The van der Waals surface area contributed by atoms with Gasteiger partial charge < -0.3 is 14.8 Å². The third kappa shape index (κ3) is 4.28. The molecule has 1 atom stereocenters. The first kappa shape index (κ1) is 15.0. The molecule has 1 aromatic carbocycles. The second-order valence-corrected chi connectivity index (χ2v) is 4.68. The van der Waals surface area contributed by atoms with E-state index in [2.05, 4.69) is 10.1 Å². The number of nitrogens with one attached hydrogen (secondary N) is 1. The molecule has 19 heavy (non-hydrogen) atoms. The average Bonchev–Trinajstić information content (AvgIpc) is 2.38. The Morgan fingerprint density at radius 1 is 1.21 bits per heavy atom. The molecule has 0 saturated heterocycles. The number of rotatable bonds is 5. The highest BCUT2D eigenvalue weighted by Crippen LogP contribution is 2.12. The monoisotopic (exact) mass is 265 g/mol. The molecule has 0 radical (unpaired) electrons. The van der Waals surface area contributed by atoms with Crippen molar-refractivity contribution in [1.29, 1.82) is 0 Å². The third-order valence-corrected chi connectivity index (χ3v) is 2.56. The molecule has 0 aliphatic rings. The summed E-state index contributed by atoms with van der Waals surface area (Å²) in [5.74, 6) is -0.284. The molecule has 0 aliphatic heterocycles.